The predicted octanol–water partition coefficient (Wildman–Crippen LogP) is 4.26. The van der Waals surface area contributed by atoms with Gasteiger partial charge in [0.05, 0.1) is 17.3 Å². The lowest BCUT2D eigenvalue weighted by molar-refractivity contribution is -0.141. The number of rotatable bonds is 5. The Morgan fingerprint density at radius 1 is 1.14 bits per heavy atom. The van der Waals surface area contributed by atoms with Gasteiger partial charge in [-0.15, -0.1) is 0 Å². The maximum atomic E-state index is 13.1. The van der Waals surface area contributed by atoms with Gasteiger partial charge in [-0.05, 0) is 42.8 Å². The van der Waals surface area contributed by atoms with E-state index in [0.29, 0.717) is 27.4 Å². The minimum Gasteiger partial charge on any atom is -0.324 e. The number of hydrogen-bond donors (Lipinski definition) is 0. The van der Waals surface area contributed by atoms with Crippen LogP contribution in [0, 0.1) is 18.3 Å². The Kier molecular flexibility index (Phi) is 5.69. The van der Waals surface area contributed by atoms with Crippen LogP contribution in [0.3, 0.4) is 0 Å². The van der Waals surface area contributed by atoms with Gasteiger partial charge in [0.2, 0.25) is 0 Å². The van der Waals surface area contributed by atoms with Gasteiger partial charge in [0.1, 0.15) is 6.54 Å². The zero-order valence-electron chi connectivity index (χ0n) is 15.5. The van der Waals surface area contributed by atoms with Crippen LogP contribution in [0.25, 0.3) is 5.69 Å². The third-order valence-corrected chi connectivity index (χ3v) is 4.22. The molecular formula is C21H17F3N4O. The summed E-state index contributed by atoms with van der Waals surface area (Å²) in [6.45, 7) is 0.0792. The number of nitriles is 1. The molecule has 1 aromatic heterocycles. The number of halogens is 3. The molecule has 148 valence electrons. The van der Waals surface area contributed by atoms with Crippen LogP contribution < -0.4 is 0 Å². The van der Waals surface area contributed by atoms with E-state index in [9.17, 15) is 18.0 Å². The maximum absolute atomic E-state index is 13.1. The van der Waals surface area contributed by atoms with Crippen molar-refractivity contribution in [3.05, 3.63) is 83.2 Å². The van der Waals surface area contributed by atoms with Crippen LogP contribution in [0.1, 0.15) is 27.3 Å². The summed E-state index contributed by atoms with van der Waals surface area (Å²) in [6, 6.07) is 18.5. The Labute approximate surface area is 165 Å². The fourth-order valence-electron chi connectivity index (χ4n) is 2.89. The van der Waals surface area contributed by atoms with E-state index in [-0.39, 0.29) is 12.2 Å². The first-order chi connectivity index (χ1) is 13.8. The summed E-state index contributed by atoms with van der Waals surface area (Å²) in [6.07, 6.45) is -4.56. The Hall–Kier alpha value is -3.60. The Morgan fingerprint density at radius 2 is 1.79 bits per heavy atom. The summed E-state index contributed by atoms with van der Waals surface area (Å²) >= 11 is 0. The van der Waals surface area contributed by atoms with E-state index in [2.05, 4.69) is 5.10 Å². The van der Waals surface area contributed by atoms with Gasteiger partial charge in [-0.1, -0.05) is 30.3 Å². The number of carbonyl (C=O) groups excluding carboxylic acids is 1. The van der Waals surface area contributed by atoms with Gasteiger partial charge in [-0.25, -0.2) is 4.68 Å². The number of aromatic nitrogens is 2. The molecule has 2 aromatic carbocycles. The minimum absolute atomic E-state index is 0.0655. The molecule has 0 radical (unpaired) electrons. The summed E-state index contributed by atoms with van der Waals surface area (Å²) < 4.78 is 40.8. The molecule has 3 rings (SSSR count). The van der Waals surface area contributed by atoms with Crippen LogP contribution in [0.15, 0.2) is 60.7 Å². The van der Waals surface area contributed by atoms with E-state index in [1.54, 1.807) is 31.2 Å². The number of hydrogen-bond acceptors (Lipinski definition) is 3. The average molecular weight is 398 g/mol. The van der Waals surface area contributed by atoms with Gasteiger partial charge < -0.3 is 4.90 Å². The van der Waals surface area contributed by atoms with Crippen molar-refractivity contribution in [2.24, 2.45) is 0 Å². The fraction of sp³-hybridized carbons (Fsp3) is 0.190. The summed E-state index contributed by atoms with van der Waals surface area (Å²) in [5.41, 5.74) is 2.15. The molecule has 5 nitrogen and oxygen atoms in total. The second kappa shape index (κ2) is 8.19. The van der Waals surface area contributed by atoms with E-state index in [4.69, 9.17) is 5.26 Å². The first-order valence-corrected chi connectivity index (χ1v) is 8.74. The highest BCUT2D eigenvalue weighted by Gasteiger charge is 2.34. The van der Waals surface area contributed by atoms with Crippen LogP contribution in [0.4, 0.5) is 13.2 Å². The van der Waals surface area contributed by atoms with Crippen LogP contribution in [0.2, 0.25) is 0 Å². The monoisotopic (exact) mass is 398 g/mol. The highest BCUT2D eigenvalue weighted by Crippen LogP contribution is 2.21. The van der Waals surface area contributed by atoms with Gasteiger partial charge in [0, 0.05) is 12.2 Å². The molecule has 0 bridgehead atoms. The molecule has 0 aliphatic carbocycles. The second-order valence-electron chi connectivity index (χ2n) is 6.50. The molecule has 0 aliphatic rings. The number of amides is 1. The lowest BCUT2D eigenvalue weighted by Gasteiger charge is -2.23. The van der Waals surface area contributed by atoms with Gasteiger partial charge in [0.15, 0.2) is 5.69 Å². The Bertz CT molecular complexity index is 1030. The van der Waals surface area contributed by atoms with Crippen LogP contribution in [-0.2, 0) is 6.54 Å². The summed E-state index contributed by atoms with van der Waals surface area (Å²) in [7, 11) is 0. The van der Waals surface area contributed by atoms with Gasteiger partial charge in [0.25, 0.3) is 5.91 Å². The summed E-state index contributed by atoms with van der Waals surface area (Å²) in [5.74, 6) is -0.815. The number of nitrogens with zero attached hydrogens (tertiary/aromatic N) is 4. The number of alkyl halides is 3. The molecule has 0 saturated carbocycles. The third kappa shape index (κ3) is 5.02. The van der Waals surface area contributed by atoms with Gasteiger partial charge in [-0.3, -0.25) is 4.79 Å². The Balaban J connectivity index is 1.89. The highest BCUT2D eigenvalue weighted by molar-refractivity contribution is 5.92. The number of carbonyl (C=O) groups is 1. The van der Waals surface area contributed by atoms with Crippen LogP contribution >= 0.6 is 0 Å². The lowest BCUT2D eigenvalue weighted by atomic mass is 10.1. The highest BCUT2D eigenvalue weighted by atomic mass is 19.4. The van der Waals surface area contributed by atoms with Gasteiger partial charge >= 0.3 is 6.18 Å². The molecule has 1 amide bonds. The zero-order valence-corrected chi connectivity index (χ0v) is 15.5. The van der Waals surface area contributed by atoms with Crippen molar-refractivity contribution >= 4 is 5.91 Å². The van der Waals surface area contributed by atoms with Crippen molar-refractivity contribution in [1.29, 1.82) is 5.26 Å². The average Bonchev–Trinajstić information content (AvgIpc) is 3.09. The van der Waals surface area contributed by atoms with E-state index in [1.807, 2.05) is 12.1 Å². The van der Waals surface area contributed by atoms with Crippen molar-refractivity contribution < 1.29 is 18.0 Å². The Morgan fingerprint density at radius 3 is 2.38 bits per heavy atom. The third-order valence-electron chi connectivity index (χ3n) is 4.22. The smallest absolute Gasteiger partial charge is 0.324 e. The molecule has 0 unspecified atom stereocenters. The van der Waals surface area contributed by atoms with E-state index in [0.717, 1.165) is 0 Å². The molecule has 0 spiro atoms. The minimum atomic E-state index is -4.56. The molecule has 3 aromatic rings. The topological polar surface area (TPSA) is 61.9 Å². The molecule has 1 heterocycles. The van der Waals surface area contributed by atoms with Crippen LogP contribution in [0.5, 0.6) is 0 Å². The summed E-state index contributed by atoms with van der Waals surface area (Å²) in [4.78, 5) is 13.6. The zero-order chi connectivity index (χ0) is 21.0. The van der Waals surface area contributed by atoms with Crippen molar-refractivity contribution in [2.45, 2.75) is 19.6 Å². The van der Waals surface area contributed by atoms with Crippen molar-refractivity contribution in [3.8, 4) is 11.8 Å². The van der Waals surface area contributed by atoms with E-state index in [1.165, 1.54) is 35.0 Å². The molecule has 0 fully saturated rings. The maximum Gasteiger partial charge on any atom is 0.406 e. The number of para-hydroxylation sites is 1. The first kappa shape index (κ1) is 20.1. The summed E-state index contributed by atoms with van der Waals surface area (Å²) in [5, 5.41) is 13.1. The fourth-order valence-corrected chi connectivity index (χ4v) is 2.89. The molecular weight excluding hydrogens is 381 g/mol. The van der Waals surface area contributed by atoms with Crippen LogP contribution in [-0.4, -0.2) is 33.3 Å². The van der Waals surface area contributed by atoms with Crippen molar-refractivity contribution in [2.75, 3.05) is 6.54 Å². The SMILES string of the molecule is Cc1cc(C(=O)N(Cc2ccc(C#N)cc2)CC(F)(F)F)nn1-c1ccccc1. The number of aryl methyl sites for hydroxylation is 1. The van der Waals surface area contributed by atoms with Crippen molar-refractivity contribution in [1.82, 2.24) is 14.7 Å². The first-order valence-electron chi connectivity index (χ1n) is 8.74. The molecule has 0 atom stereocenters. The normalized spacial score (nSPS) is 11.1. The van der Waals surface area contributed by atoms with E-state index < -0.39 is 18.6 Å². The van der Waals surface area contributed by atoms with E-state index >= 15 is 0 Å². The number of benzene rings is 2. The second-order valence-corrected chi connectivity index (χ2v) is 6.50. The molecule has 0 aliphatic heterocycles. The standard InChI is InChI=1S/C21H17F3N4O/c1-15-11-19(26-28(15)18-5-3-2-4-6-18)20(29)27(14-21(22,23)24)13-17-9-7-16(12-25)8-10-17/h2-11H,13-14H2,1H3. The molecule has 0 N–H and O–H groups in total. The van der Waals surface area contributed by atoms with Gasteiger partial charge in [-0.2, -0.15) is 23.5 Å². The largest absolute Gasteiger partial charge is 0.406 e. The van der Waals surface area contributed by atoms with Crippen molar-refractivity contribution in [3.63, 3.8) is 0 Å². The lowest BCUT2D eigenvalue weighted by Crippen LogP contribution is -2.38. The molecule has 8 heteroatoms. The molecule has 0 saturated heterocycles. The quantitative estimate of drug-likeness (QED) is 0.645. The molecule has 29 heavy (non-hydrogen) atoms. The predicted molar refractivity (Wildman–Crippen MR) is 100 cm³/mol.